The Bertz CT molecular complexity index is 334. The normalized spacial score (nSPS) is 19.8. The summed E-state index contributed by atoms with van der Waals surface area (Å²) in [7, 11) is 0. The minimum absolute atomic E-state index is 0.161. The summed E-state index contributed by atoms with van der Waals surface area (Å²) < 4.78 is 0. The third-order valence-corrected chi connectivity index (χ3v) is 4.57. The van der Waals surface area contributed by atoms with Gasteiger partial charge in [-0.1, -0.05) is 13.8 Å². The van der Waals surface area contributed by atoms with Gasteiger partial charge in [-0.2, -0.15) is 0 Å². The number of nitrogens with two attached hydrogens (primary N) is 2. The number of nitrogens with zero attached hydrogens (tertiary/aromatic N) is 1. The summed E-state index contributed by atoms with van der Waals surface area (Å²) in [4.78, 5) is 25.4. The lowest BCUT2D eigenvalue weighted by atomic mass is 9.80. The maximum Gasteiger partial charge on any atom is 0.312 e. The van der Waals surface area contributed by atoms with Crippen LogP contribution in [0.25, 0.3) is 0 Å². The maximum absolute atomic E-state index is 12.7. The lowest BCUT2D eigenvalue weighted by Gasteiger charge is -2.39. The van der Waals surface area contributed by atoms with Crippen LogP contribution in [0.2, 0.25) is 0 Å². The monoisotopic (exact) mass is 284 g/mol. The van der Waals surface area contributed by atoms with Gasteiger partial charge in [0.05, 0.1) is 5.41 Å². The van der Waals surface area contributed by atoms with Crippen LogP contribution in [0.15, 0.2) is 0 Å². The van der Waals surface area contributed by atoms with E-state index in [1.165, 1.54) is 0 Å². The minimum Gasteiger partial charge on any atom is -0.352 e. The average Bonchev–Trinajstić information content (AvgIpc) is 2.47. The molecular formula is C14H28N4O2. The zero-order valence-electron chi connectivity index (χ0n) is 12.7. The third kappa shape index (κ3) is 3.85. The molecule has 20 heavy (non-hydrogen) atoms. The number of amides is 3. The van der Waals surface area contributed by atoms with Crippen LogP contribution < -0.4 is 16.8 Å². The molecule has 0 aliphatic carbocycles. The molecule has 1 atom stereocenters. The first kappa shape index (κ1) is 16.8. The number of urea groups is 1. The van der Waals surface area contributed by atoms with Crippen molar-refractivity contribution in [3.05, 3.63) is 0 Å². The van der Waals surface area contributed by atoms with Crippen molar-refractivity contribution in [2.75, 3.05) is 26.2 Å². The number of hydrogen-bond donors (Lipinski definition) is 3. The zero-order chi connectivity index (χ0) is 15.2. The number of nitrogens with one attached hydrogen (secondary N) is 1. The molecule has 0 aromatic rings. The standard InChI is InChI=1S/C14H28N4O2/c1-3-14(4-2,10-15)12(19)18-7-5-6-11(9-18)8-17-13(16)20/h11H,3-10,15H2,1-2H3,(H3,16,17,20). The Morgan fingerprint density at radius 3 is 2.50 bits per heavy atom. The average molecular weight is 284 g/mol. The molecule has 0 radical (unpaired) electrons. The predicted octanol–water partition coefficient (Wildman–Crippen LogP) is 0.658. The minimum atomic E-state index is -0.508. The Kier molecular flexibility index (Phi) is 6.26. The number of primary amides is 1. The fourth-order valence-corrected chi connectivity index (χ4v) is 2.92. The molecule has 0 spiro atoms. The van der Waals surface area contributed by atoms with E-state index in [9.17, 15) is 9.59 Å². The summed E-state index contributed by atoms with van der Waals surface area (Å²) in [5.41, 5.74) is 10.5. The van der Waals surface area contributed by atoms with E-state index in [1.54, 1.807) is 0 Å². The SMILES string of the molecule is CCC(CC)(CN)C(=O)N1CCCC(CNC(N)=O)C1. The van der Waals surface area contributed by atoms with Crippen molar-refractivity contribution in [2.45, 2.75) is 39.5 Å². The molecule has 1 unspecified atom stereocenters. The van der Waals surface area contributed by atoms with E-state index in [0.717, 1.165) is 32.2 Å². The van der Waals surface area contributed by atoms with E-state index >= 15 is 0 Å². The van der Waals surface area contributed by atoms with Crippen LogP contribution in [0.4, 0.5) is 4.79 Å². The molecule has 1 aliphatic heterocycles. The van der Waals surface area contributed by atoms with Gasteiger partial charge in [0.1, 0.15) is 0 Å². The van der Waals surface area contributed by atoms with Crippen molar-refractivity contribution in [1.82, 2.24) is 10.2 Å². The second kappa shape index (κ2) is 7.47. The van der Waals surface area contributed by atoms with E-state index in [4.69, 9.17) is 11.5 Å². The second-order valence-electron chi connectivity index (χ2n) is 5.70. The van der Waals surface area contributed by atoms with Gasteiger partial charge in [-0.25, -0.2) is 4.79 Å². The molecule has 116 valence electrons. The van der Waals surface area contributed by atoms with Crippen LogP contribution in [-0.4, -0.2) is 43.0 Å². The van der Waals surface area contributed by atoms with E-state index < -0.39 is 11.4 Å². The van der Waals surface area contributed by atoms with Crippen LogP contribution in [0.5, 0.6) is 0 Å². The first-order valence-electron chi connectivity index (χ1n) is 7.51. The van der Waals surface area contributed by atoms with Crippen LogP contribution in [-0.2, 0) is 4.79 Å². The van der Waals surface area contributed by atoms with E-state index in [0.29, 0.717) is 19.6 Å². The molecule has 5 N–H and O–H groups in total. The predicted molar refractivity (Wildman–Crippen MR) is 79.0 cm³/mol. The third-order valence-electron chi connectivity index (χ3n) is 4.57. The first-order chi connectivity index (χ1) is 9.49. The van der Waals surface area contributed by atoms with Crippen LogP contribution in [0.3, 0.4) is 0 Å². The quantitative estimate of drug-likeness (QED) is 0.667. The molecule has 1 aliphatic rings. The molecule has 1 rings (SSSR count). The Morgan fingerprint density at radius 1 is 1.35 bits per heavy atom. The summed E-state index contributed by atoms with van der Waals surface area (Å²) >= 11 is 0. The molecule has 0 bridgehead atoms. The van der Waals surface area contributed by atoms with Gasteiger partial charge in [-0.05, 0) is 31.6 Å². The van der Waals surface area contributed by atoms with Gasteiger partial charge in [0.25, 0.3) is 0 Å². The molecule has 0 saturated carbocycles. The number of piperidine rings is 1. The number of carbonyl (C=O) groups excluding carboxylic acids is 2. The van der Waals surface area contributed by atoms with Gasteiger partial charge in [0.15, 0.2) is 0 Å². The molecule has 3 amide bonds. The van der Waals surface area contributed by atoms with Crippen molar-refractivity contribution in [2.24, 2.45) is 22.8 Å². The van der Waals surface area contributed by atoms with Crippen LogP contribution in [0.1, 0.15) is 39.5 Å². The highest BCUT2D eigenvalue weighted by molar-refractivity contribution is 5.83. The number of rotatable bonds is 6. The largest absolute Gasteiger partial charge is 0.352 e. The van der Waals surface area contributed by atoms with Crippen molar-refractivity contribution in [3.8, 4) is 0 Å². The fraction of sp³-hybridized carbons (Fsp3) is 0.857. The molecule has 1 heterocycles. The summed E-state index contributed by atoms with van der Waals surface area (Å²) in [6, 6.07) is -0.508. The molecule has 1 fully saturated rings. The Balaban J connectivity index is 2.66. The molecule has 0 aromatic carbocycles. The molecular weight excluding hydrogens is 256 g/mol. The smallest absolute Gasteiger partial charge is 0.312 e. The van der Waals surface area contributed by atoms with E-state index in [1.807, 2.05) is 18.7 Å². The molecule has 6 heteroatoms. The number of hydrogen-bond acceptors (Lipinski definition) is 3. The van der Waals surface area contributed by atoms with Crippen LogP contribution in [0, 0.1) is 11.3 Å². The highest BCUT2D eigenvalue weighted by atomic mass is 16.2. The lowest BCUT2D eigenvalue weighted by Crippen LogP contribution is -2.52. The lowest BCUT2D eigenvalue weighted by molar-refractivity contribution is -0.144. The van der Waals surface area contributed by atoms with Crippen molar-refractivity contribution in [3.63, 3.8) is 0 Å². The van der Waals surface area contributed by atoms with Gasteiger partial charge in [0, 0.05) is 26.2 Å². The molecule has 1 saturated heterocycles. The second-order valence-corrected chi connectivity index (χ2v) is 5.70. The molecule has 6 nitrogen and oxygen atoms in total. The highest BCUT2D eigenvalue weighted by Crippen LogP contribution is 2.30. The van der Waals surface area contributed by atoms with Gasteiger partial charge >= 0.3 is 6.03 Å². The molecule has 0 aromatic heterocycles. The summed E-state index contributed by atoms with van der Waals surface area (Å²) in [6.07, 6.45) is 3.50. The van der Waals surface area contributed by atoms with Crippen molar-refractivity contribution in [1.29, 1.82) is 0 Å². The first-order valence-corrected chi connectivity index (χ1v) is 7.51. The Morgan fingerprint density at radius 2 is 2.00 bits per heavy atom. The number of carbonyl (C=O) groups is 2. The van der Waals surface area contributed by atoms with E-state index in [2.05, 4.69) is 5.32 Å². The van der Waals surface area contributed by atoms with E-state index in [-0.39, 0.29) is 11.8 Å². The fourth-order valence-electron chi connectivity index (χ4n) is 2.92. The van der Waals surface area contributed by atoms with Crippen molar-refractivity contribution >= 4 is 11.9 Å². The van der Waals surface area contributed by atoms with Crippen LogP contribution >= 0.6 is 0 Å². The van der Waals surface area contributed by atoms with Crippen molar-refractivity contribution < 1.29 is 9.59 Å². The Hall–Kier alpha value is -1.30. The van der Waals surface area contributed by atoms with Gasteiger partial charge in [0.2, 0.25) is 5.91 Å². The zero-order valence-corrected chi connectivity index (χ0v) is 12.7. The summed E-state index contributed by atoms with van der Waals surface area (Å²) in [6.45, 7) is 6.43. The highest BCUT2D eigenvalue weighted by Gasteiger charge is 2.38. The Labute approximate surface area is 121 Å². The van der Waals surface area contributed by atoms with Gasteiger partial charge in [-0.15, -0.1) is 0 Å². The topological polar surface area (TPSA) is 101 Å². The summed E-state index contributed by atoms with van der Waals surface area (Å²) in [5, 5.41) is 2.63. The summed E-state index contributed by atoms with van der Waals surface area (Å²) in [5.74, 6) is 0.443. The maximum atomic E-state index is 12.7. The van der Waals surface area contributed by atoms with Gasteiger partial charge in [-0.3, -0.25) is 4.79 Å². The van der Waals surface area contributed by atoms with Gasteiger partial charge < -0.3 is 21.7 Å². The number of likely N-dealkylation sites (tertiary alicyclic amines) is 1.